The third-order valence-electron chi connectivity index (χ3n) is 3.62. The summed E-state index contributed by atoms with van der Waals surface area (Å²) in [7, 11) is 0. The van der Waals surface area contributed by atoms with Gasteiger partial charge in [0.25, 0.3) is 5.91 Å². The zero-order valence-corrected chi connectivity index (χ0v) is 14.9. The summed E-state index contributed by atoms with van der Waals surface area (Å²) in [5.74, 6) is -2.04. The minimum Gasteiger partial charge on any atom is -0.444 e. The van der Waals surface area contributed by atoms with Crippen LogP contribution in [-0.4, -0.2) is 23.8 Å². The second kappa shape index (κ2) is 7.94. The lowest BCUT2D eigenvalue weighted by molar-refractivity contribution is -0.149. The van der Waals surface area contributed by atoms with Crippen molar-refractivity contribution in [1.82, 2.24) is 0 Å². The highest BCUT2D eigenvalue weighted by atomic mass is 35.5. The Morgan fingerprint density at radius 2 is 1.56 bits per heavy atom. The number of halogens is 1. The number of ketones is 1. The number of ether oxygens (including phenoxy) is 1. The number of anilines is 1. The summed E-state index contributed by atoms with van der Waals surface area (Å²) in [6.45, 7) is 4.82. The van der Waals surface area contributed by atoms with Crippen molar-refractivity contribution >= 4 is 34.9 Å². The summed E-state index contributed by atoms with van der Waals surface area (Å²) in [5, 5.41) is 3.14. The van der Waals surface area contributed by atoms with Gasteiger partial charge in [-0.2, -0.15) is 0 Å². The molecule has 130 valence electrons. The van der Waals surface area contributed by atoms with Crippen molar-refractivity contribution < 1.29 is 19.1 Å². The lowest BCUT2D eigenvalue weighted by atomic mass is 10.0. The summed E-state index contributed by atoms with van der Waals surface area (Å²) in [4.78, 5) is 36.6. The van der Waals surface area contributed by atoms with Gasteiger partial charge in [0, 0.05) is 23.2 Å². The number of aryl methyl sites for hydroxylation is 2. The maximum atomic E-state index is 12.6. The van der Waals surface area contributed by atoms with Crippen LogP contribution < -0.4 is 5.32 Å². The van der Waals surface area contributed by atoms with Crippen LogP contribution in [0.15, 0.2) is 42.5 Å². The molecule has 0 aliphatic rings. The molecule has 6 heteroatoms. The van der Waals surface area contributed by atoms with Crippen LogP contribution in [0.5, 0.6) is 0 Å². The highest BCUT2D eigenvalue weighted by molar-refractivity contribution is 6.30. The second-order valence-corrected chi connectivity index (χ2v) is 6.05. The largest absolute Gasteiger partial charge is 0.444 e. The van der Waals surface area contributed by atoms with E-state index in [1.54, 1.807) is 0 Å². The Morgan fingerprint density at radius 3 is 2.08 bits per heavy atom. The maximum absolute atomic E-state index is 12.6. The molecule has 0 aliphatic carbocycles. The van der Waals surface area contributed by atoms with Crippen LogP contribution in [0, 0.1) is 13.8 Å². The first-order valence-corrected chi connectivity index (χ1v) is 8.01. The molecule has 1 unspecified atom stereocenters. The number of nitrogens with one attached hydrogen (secondary N) is 1. The molecule has 0 spiro atoms. The van der Waals surface area contributed by atoms with Crippen molar-refractivity contribution in [2.24, 2.45) is 0 Å². The lowest BCUT2D eigenvalue weighted by Gasteiger charge is -2.18. The first-order chi connectivity index (χ1) is 11.8. The first-order valence-electron chi connectivity index (χ1n) is 7.63. The molecule has 5 nitrogen and oxygen atoms in total. The number of hydrogen-bond donors (Lipinski definition) is 1. The fourth-order valence-electron chi connectivity index (χ4n) is 2.36. The highest BCUT2D eigenvalue weighted by Gasteiger charge is 2.31. The molecule has 0 bridgehead atoms. The normalized spacial score (nSPS) is 11.5. The minimum absolute atomic E-state index is 0.229. The van der Waals surface area contributed by atoms with Crippen LogP contribution in [-0.2, 0) is 14.3 Å². The Hall–Kier alpha value is -2.66. The Morgan fingerprint density at radius 1 is 1.00 bits per heavy atom. The van der Waals surface area contributed by atoms with Crippen molar-refractivity contribution in [3.63, 3.8) is 0 Å². The molecule has 2 rings (SSSR count). The third kappa shape index (κ3) is 4.67. The van der Waals surface area contributed by atoms with E-state index in [1.165, 1.54) is 24.3 Å². The van der Waals surface area contributed by atoms with Gasteiger partial charge in [0.2, 0.25) is 11.9 Å². The highest BCUT2D eigenvalue weighted by Crippen LogP contribution is 2.21. The van der Waals surface area contributed by atoms with Gasteiger partial charge in [-0.1, -0.05) is 29.8 Å². The van der Waals surface area contributed by atoms with Gasteiger partial charge in [-0.3, -0.25) is 14.4 Å². The molecule has 2 aromatic rings. The summed E-state index contributed by atoms with van der Waals surface area (Å²) in [6, 6.07) is 11.6. The Bertz CT molecular complexity index is 794. The molecule has 0 radical (unpaired) electrons. The summed E-state index contributed by atoms with van der Waals surface area (Å²) in [6.07, 6.45) is -1.57. The Labute approximate surface area is 150 Å². The van der Waals surface area contributed by atoms with E-state index in [1.807, 2.05) is 32.0 Å². The standard InChI is InChI=1S/C19H18ClNO4/c1-11-5-4-6-12(2)16(11)21-19(24)18(25-13(3)22)17(23)14-7-9-15(20)10-8-14/h4-10,18H,1-3H3,(H,21,24). The Balaban J connectivity index is 2.30. The smallest absolute Gasteiger partial charge is 0.303 e. The lowest BCUT2D eigenvalue weighted by Crippen LogP contribution is -2.39. The number of rotatable bonds is 5. The van der Waals surface area contributed by atoms with Gasteiger partial charge in [0.05, 0.1) is 0 Å². The van der Waals surface area contributed by atoms with Crippen LogP contribution in [0.2, 0.25) is 5.02 Å². The zero-order chi connectivity index (χ0) is 18.6. The van der Waals surface area contributed by atoms with Crippen molar-refractivity contribution in [3.8, 4) is 0 Å². The molecule has 0 saturated heterocycles. The van der Waals surface area contributed by atoms with E-state index in [4.69, 9.17) is 16.3 Å². The van der Waals surface area contributed by atoms with Gasteiger partial charge >= 0.3 is 5.97 Å². The monoisotopic (exact) mass is 359 g/mol. The summed E-state index contributed by atoms with van der Waals surface area (Å²) in [5.41, 5.74) is 2.50. The topological polar surface area (TPSA) is 72.5 Å². The van der Waals surface area contributed by atoms with E-state index in [0.717, 1.165) is 18.1 Å². The Kier molecular flexibility index (Phi) is 5.93. The van der Waals surface area contributed by atoms with Crippen LogP contribution in [0.3, 0.4) is 0 Å². The summed E-state index contributed by atoms with van der Waals surface area (Å²) >= 11 is 5.81. The van der Waals surface area contributed by atoms with Crippen molar-refractivity contribution in [2.75, 3.05) is 5.32 Å². The fraction of sp³-hybridized carbons (Fsp3) is 0.211. The van der Waals surface area contributed by atoms with Crippen molar-refractivity contribution in [1.29, 1.82) is 0 Å². The molecule has 1 atom stereocenters. The number of para-hydroxylation sites is 1. The molecular weight excluding hydrogens is 342 g/mol. The summed E-state index contributed by atoms with van der Waals surface area (Å²) < 4.78 is 4.98. The molecule has 0 saturated carbocycles. The predicted molar refractivity (Wildman–Crippen MR) is 95.9 cm³/mol. The maximum Gasteiger partial charge on any atom is 0.303 e. The molecule has 1 N–H and O–H groups in total. The fourth-order valence-corrected chi connectivity index (χ4v) is 2.48. The van der Waals surface area contributed by atoms with Gasteiger partial charge < -0.3 is 10.1 Å². The van der Waals surface area contributed by atoms with Crippen molar-refractivity contribution in [2.45, 2.75) is 26.9 Å². The van der Waals surface area contributed by atoms with Gasteiger partial charge in [-0.15, -0.1) is 0 Å². The number of amides is 1. The molecule has 1 amide bonds. The number of carbonyl (C=O) groups is 3. The van der Waals surface area contributed by atoms with Crippen molar-refractivity contribution in [3.05, 3.63) is 64.2 Å². The third-order valence-corrected chi connectivity index (χ3v) is 3.87. The number of Topliss-reactive ketones (excluding diaryl/α,β-unsaturated/α-hetero) is 1. The number of esters is 1. The average molecular weight is 360 g/mol. The average Bonchev–Trinajstić information content (AvgIpc) is 2.56. The van der Waals surface area contributed by atoms with Gasteiger partial charge in [-0.05, 0) is 49.2 Å². The number of carbonyl (C=O) groups excluding carboxylic acids is 3. The quantitative estimate of drug-likeness (QED) is 0.502. The second-order valence-electron chi connectivity index (χ2n) is 5.62. The minimum atomic E-state index is -1.57. The van der Waals surface area contributed by atoms with Gasteiger partial charge in [0.1, 0.15) is 0 Å². The molecule has 0 heterocycles. The number of benzene rings is 2. The number of hydrogen-bond acceptors (Lipinski definition) is 4. The van der Waals surface area contributed by atoms with E-state index in [2.05, 4.69) is 5.32 Å². The van der Waals surface area contributed by atoms with Gasteiger partial charge in [0.15, 0.2) is 0 Å². The predicted octanol–water partition coefficient (Wildman–Crippen LogP) is 3.71. The first kappa shape index (κ1) is 18.7. The van der Waals surface area contributed by atoms with E-state index in [9.17, 15) is 14.4 Å². The molecule has 2 aromatic carbocycles. The molecule has 0 aliphatic heterocycles. The molecule has 25 heavy (non-hydrogen) atoms. The van der Waals surface area contributed by atoms with E-state index in [0.29, 0.717) is 10.7 Å². The molecule has 0 aromatic heterocycles. The molecule has 0 fully saturated rings. The zero-order valence-electron chi connectivity index (χ0n) is 14.1. The van der Waals surface area contributed by atoms with Crippen LogP contribution in [0.25, 0.3) is 0 Å². The van der Waals surface area contributed by atoms with E-state index >= 15 is 0 Å². The van der Waals surface area contributed by atoms with Crippen LogP contribution >= 0.6 is 11.6 Å². The van der Waals surface area contributed by atoms with E-state index < -0.39 is 23.8 Å². The molecular formula is C19H18ClNO4. The van der Waals surface area contributed by atoms with Crippen LogP contribution in [0.4, 0.5) is 5.69 Å². The SMILES string of the molecule is CC(=O)OC(C(=O)Nc1c(C)cccc1C)C(=O)c1ccc(Cl)cc1. The van der Waals surface area contributed by atoms with Gasteiger partial charge in [-0.25, -0.2) is 0 Å². The van der Waals surface area contributed by atoms with E-state index in [-0.39, 0.29) is 5.56 Å². The van der Waals surface area contributed by atoms with Crippen LogP contribution in [0.1, 0.15) is 28.4 Å².